The number of hydrogen-bond donors (Lipinski definition) is 1. The predicted octanol–water partition coefficient (Wildman–Crippen LogP) is 8.51. The van der Waals surface area contributed by atoms with E-state index in [1.807, 2.05) is 49.4 Å². The molecular weight excluding hydrogens is 678 g/mol. The lowest BCUT2D eigenvalue weighted by atomic mass is 10.0. The van der Waals surface area contributed by atoms with Crippen molar-refractivity contribution < 1.29 is 17.9 Å². The minimum absolute atomic E-state index is 0.0188. The van der Waals surface area contributed by atoms with Crippen LogP contribution in [0.4, 0.5) is 14.6 Å². The van der Waals surface area contributed by atoms with Gasteiger partial charge in [0.05, 0.1) is 23.6 Å². The van der Waals surface area contributed by atoms with E-state index in [1.165, 1.54) is 6.07 Å². The van der Waals surface area contributed by atoms with Gasteiger partial charge in [-0.15, -0.1) is 0 Å². The standard InChI is InChI=1S/C34H34BrClF2N4O2Si/c1-22(40-32-28-20-23(35)21-39-31(28)41-33(36)42-32)26-16-11-17-27(30(37)38)29(26)43-18-19-44-45(34(2,3)4,24-12-7-5-8-13-24)25-14-9-6-10-15-25/h5-17,20-22,30H,18-19H2,1-4H3,(H,39,40,41,42)/t22-/m1/s1. The van der Waals surface area contributed by atoms with E-state index in [1.54, 1.807) is 18.3 Å². The van der Waals surface area contributed by atoms with Gasteiger partial charge >= 0.3 is 0 Å². The summed E-state index contributed by atoms with van der Waals surface area (Å²) in [6.07, 6.45) is -1.12. The predicted molar refractivity (Wildman–Crippen MR) is 183 cm³/mol. The van der Waals surface area contributed by atoms with E-state index in [9.17, 15) is 8.78 Å². The molecular formula is C34H34BrClF2N4O2Si. The highest BCUT2D eigenvalue weighted by Crippen LogP contribution is 2.39. The first-order valence-electron chi connectivity index (χ1n) is 14.6. The Kier molecular flexibility index (Phi) is 10.2. The van der Waals surface area contributed by atoms with Gasteiger partial charge in [0.2, 0.25) is 5.28 Å². The van der Waals surface area contributed by atoms with Crippen molar-refractivity contribution in [2.75, 3.05) is 18.5 Å². The highest BCUT2D eigenvalue weighted by atomic mass is 79.9. The van der Waals surface area contributed by atoms with Crippen molar-refractivity contribution >= 4 is 63.1 Å². The summed E-state index contributed by atoms with van der Waals surface area (Å²) in [6.45, 7) is 8.70. The van der Waals surface area contributed by atoms with Gasteiger partial charge in [0.15, 0.2) is 5.65 Å². The van der Waals surface area contributed by atoms with Crippen LogP contribution in [0.5, 0.6) is 5.75 Å². The summed E-state index contributed by atoms with van der Waals surface area (Å²) in [7, 11) is -2.82. The van der Waals surface area contributed by atoms with Gasteiger partial charge in [0.25, 0.3) is 14.7 Å². The molecule has 0 spiro atoms. The summed E-state index contributed by atoms with van der Waals surface area (Å²) < 4.78 is 42.5. The Labute approximate surface area is 276 Å². The number of halogens is 4. The van der Waals surface area contributed by atoms with Gasteiger partial charge < -0.3 is 14.5 Å². The molecule has 0 aliphatic carbocycles. The Hall–Kier alpha value is -3.44. The number of nitrogens with one attached hydrogen (secondary N) is 1. The van der Waals surface area contributed by atoms with Crippen molar-refractivity contribution in [1.82, 2.24) is 15.0 Å². The third-order valence-corrected chi connectivity index (χ3v) is 13.3. The summed E-state index contributed by atoms with van der Waals surface area (Å²) in [4.78, 5) is 12.9. The lowest BCUT2D eigenvalue weighted by Crippen LogP contribution is -2.66. The average molecular weight is 712 g/mol. The zero-order valence-electron chi connectivity index (χ0n) is 25.4. The first kappa shape index (κ1) is 32.9. The monoisotopic (exact) mass is 710 g/mol. The average Bonchev–Trinajstić information content (AvgIpc) is 3.01. The second-order valence-corrected chi connectivity index (χ2v) is 17.2. The van der Waals surface area contributed by atoms with Gasteiger partial charge in [-0.05, 0) is 62.0 Å². The number of para-hydroxylation sites is 1. The maximum Gasteiger partial charge on any atom is 0.267 e. The molecule has 1 atom stereocenters. The molecule has 0 radical (unpaired) electrons. The van der Waals surface area contributed by atoms with E-state index in [4.69, 9.17) is 20.8 Å². The van der Waals surface area contributed by atoms with E-state index in [2.05, 4.69) is 81.2 Å². The lowest BCUT2D eigenvalue weighted by Gasteiger charge is -2.43. The van der Waals surface area contributed by atoms with Gasteiger partial charge in [-0.1, -0.05) is 93.6 Å². The van der Waals surface area contributed by atoms with Crippen molar-refractivity contribution in [3.05, 3.63) is 112 Å². The zero-order valence-corrected chi connectivity index (χ0v) is 28.7. The number of fused-ring (bicyclic) bond motifs is 1. The summed E-state index contributed by atoms with van der Waals surface area (Å²) in [5.74, 6) is 0.539. The number of anilines is 1. The quantitative estimate of drug-likeness (QED) is 0.0842. The number of hydrogen-bond acceptors (Lipinski definition) is 6. The maximum atomic E-state index is 14.3. The maximum absolute atomic E-state index is 14.3. The summed E-state index contributed by atoms with van der Waals surface area (Å²) in [6, 6.07) is 26.6. The molecule has 2 aromatic heterocycles. The van der Waals surface area contributed by atoms with Crippen LogP contribution in [0.15, 0.2) is 95.6 Å². The SMILES string of the molecule is C[C@@H](Nc1nc(Cl)nc2ncc(Br)cc12)c1cccc(C(F)F)c1OCCO[Si](c1ccccc1)(c1ccccc1)C(C)(C)C. The van der Waals surface area contributed by atoms with Crippen LogP contribution in [0.3, 0.4) is 0 Å². The van der Waals surface area contributed by atoms with Crippen LogP contribution < -0.4 is 20.4 Å². The molecule has 2 heterocycles. The third kappa shape index (κ3) is 7.04. The van der Waals surface area contributed by atoms with Gasteiger partial charge in [-0.2, -0.15) is 4.98 Å². The molecule has 11 heteroatoms. The van der Waals surface area contributed by atoms with Crippen molar-refractivity contribution in [1.29, 1.82) is 0 Å². The number of ether oxygens (including phenoxy) is 1. The summed E-state index contributed by atoms with van der Waals surface area (Å²) >= 11 is 9.62. The second-order valence-electron chi connectivity index (χ2n) is 11.7. The highest BCUT2D eigenvalue weighted by Gasteiger charge is 2.50. The molecule has 5 aromatic rings. The molecule has 0 saturated carbocycles. The van der Waals surface area contributed by atoms with Crippen LogP contribution >= 0.6 is 27.5 Å². The Morgan fingerprint density at radius 2 is 1.51 bits per heavy atom. The van der Waals surface area contributed by atoms with Crippen molar-refractivity contribution in [2.45, 2.75) is 45.2 Å². The normalized spacial score (nSPS) is 12.8. The molecule has 5 rings (SSSR count). The van der Waals surface area contributed by atoms with Crippen LogP contribution in [-0.2, 0) is 4.43 Å². The van der Waals surface area contributed by atoms with E-state index in [0.29, 0.717) is 22.4 Å². The molecule has 6 nitrogen and oxygen atoms in total. The van der Waals surface area contributed by atoms with Crippen LogP contribution in [0.1, 0.15) is 51.3 Å². The molecule has 1 N–H and O–H groups in total. The number of benzene rings is 3. The Bertz CT molecular complexity index is 1720. The Morgan fingerprint density at radius 1 is 0.889 bits per heavy atom. The van der Waals surface area contributed by atoms with Gasteiger partial charge in [0, 0.05) is 16.2 Å². The van der Waals surface area contributed by atoms with Gasteiger partial charge in [-0.3, -0.25) is 0 Å². The molecule has 0 aliphatic rings. The number of alkyl halides is 2. The molecule has 0 unspecified atom stereocenters. The number of pyridine rings is 1. The zero-order chi connectivity index (χ0) is 32.2. The van der Waals surface area contributed by atoms with Gasteiger partial charge in [0.1, 0.15) is 18.2 Å². The van der Waals surface area contributed by atoms with Crippen LogP contribution in [0, 0.1) is 0 Å². The lowest BCUT2D eigenvalue weighted by molar-refractivity contribution is 0.141. The van der Waals surface area contributed by atoms with E-state index < -0.39 is 20.8 Å². The molecule has 45 heavy (non-hydrogen) atoms. The molecule has 234 valence electrons. The summed E-state index contributed by atoms with van der Waals surface area (Å²) in [5, 5.41) is 5.99. The van der Waals surface area contributed by atoms with E-state index >= 15 is 0 Å². The smallest absolute Gasteiger partial charge is 0.267 e. The van der Waals surface area contributed by atoms with Crippen LogP contribution in [-0.4, -0.2) is 36.5 Å². The van der Waals surface area contributed by atoms with E-state index in [-0.39, 0.29) is 34.8 Å². The minimum atomic E-state index is -2.82. The summed E-state index contributed by atoms with van der Waals surface area (Å²) in [5.41, 5.74) is 0.761. The molecule has 0 fully saturated rings. The first-order valence-corrected chi connectivity index (χ1v) is 17.6. The number of nitrogens with zero attached hydrogens (tertiary/aromatic N) is 3. The van der Waals surface area contributed by atoms with Crippen molar-refractivity contribution in [3.8, 4) is 5.75 Å². The number of aromatic nitrogens is 3. The fraction of sp³-hybridized carbons (Fsp3) is 0.265. The number of rotatable bonds is 11. The fourth-order valence-corrected chi connectivity index (χ4v) is 10.7. The topological polar surface area (TPSA) is 69.2 Å². The largest absolute Gasteiger partial charge is 0.490 e. The van der Waals surface area contributed by atoms with Crippen LogP contribution in [0.25, 0.3) is 11.0 Å². The Morgan fingerprint density at radius 3 is 2.11 bits per heavy atom. The molecule has 3 aromatic carbocycles. The van der Waals surface area contributed by atoms with E-state index in [0.717, 1.165) is 14.8 Å². The molecule has 0 aliphatic heterocycles. The molecule has 0 saturated heterocycles. The molecule has 0 amide bonds. The first-order chi connectivity index (χ1) is 21.5. The fourth-order valence-electron chi connectivity index (χ4n) is 5.71. The minimum Gasteiger partial charge on any atom is -0.490 e. The van der Waals surface area contributed by atoms with Crippen LogP contribution in [0.2, 0.25) is 10.3 Å². The second kappa shape index (κ2) is 13.9. The highest BCUT2D eigenvalue weighted by molar-refractivity contribution is 9.10. The van der Waals surface area contributed by atoms with Gasteiger partial charge in [-0.25, -0.2) is 18.7 Å². The Balaban J connectivity index is 1.44. The van der Waals surface area contributed by atoms with Crippen molar-refractivity contribution in [2.24, 2.45) is 0 Å². The molecule has 0 bridgehead atoms. The van der Waals surface area contributed by atoms with Crippen molar-refractivity contribution in [3.63, 3.8) is 0 Å². The third-order valence-electron chi connectivity index (χ3n) is 7.69.